The van der Waals surface area contributed by atoms with Crippen molar-refractivity contribution in [3.63, 3.8) is 0 Å². The van der Waals surface area contributed by atoms with Gasteiger partial charge in [0.1, 0.15) is 6.26 Å². The van der Waals surface area contributed by atoms with Crippen molar-refractivity contribution >= 4 is 6.01 Å². The first kappa shape index (κ1) is 11.5. The van der Waals surface area contributed by atoms with E-state index in [9.17, 15) is 0 Å². The zero-order chi connectivity index (χ0) is 11.4. The third-order valence-corrected chi connectivity index (χ3v) is 3.20. The Hall–Kier alpha value is -1.03. The predicted molar refractivity (Wildman–Crippen MR) is 64.5 cm³/mol. The lowest BCUT2D eigenvalue weighted by atomic mass is 10.1. The van der Waals surface area contributed by atoms with Crippen LogP contribution < -0.4 is 10.2 Å². The molecule has 0 radical (unpaired) electrons. The van der Waals surface area contributed by atoms with Gasteiger partial charge in [0.15, 0.2) is 0 Å². The van der Waals surface area contributed by atoms with Crippen molar-refractivity contribution in [3.05, 3.63) is 12.0 Å². The van der Waals surface area contributed by atoms with Gasteiger partial charge in [-0.25, -0.2) is 0 Å². The molecule has 90 valence electrons. The van der Waals surface area contributed by atoms with E-state index in [1.807, 2.05) is 7.05 Å². The van der Waals surface area contributed by atoms with Crippen molar-refractivity contribution in [2.24, 2.45) is 0 Å². The minimum Gasteiger partial charge on any atom is -0.432 e. The van der Waals surface area contributed by atoms with Gasteiger partial charge < -0.3 is 14.6 Å². The summed E-state index contributed by atoms with van der Waals surface area (Å²) < 4.78 is 5.56. The highest BCUT2D eigenvalue weighted by molar-refractivity contribution is 5.29. The Bertz CT molecular complexity index is 324. The maximum Gasteiger partial charge on any atom is 0.297 e. The summed E-state index contributed by atoms with van der Waals surface area (Å²) in [5, 5.41) is 3.08. The molecule has 1 aromatic rings. The molecular weight excluding hydrogens is 202 g/mol. The molecule has 0 spiro atoms. The molecule has 4 heteroatoms. The second kappa shape index (κ2) is 5.34. The Morgan fingerprint density at radius 2 is 2.38 bits per heavy atom. The van der Waals surface area contributed by atoms with E-state index in [1.54, 1.807) is 6.26 Å². The molecule has 0 aliphatic carbocycles. The van der Waals surface area contributed by atoms with Crippen LogP contribution in [0.15, 0.2) is 10.7 Å². The Balaban J connectivity index is 2.08. The minimum atomic E-state index is 0.545. The molecule has 1 saturated heterocycles. The van der Waals surface area contributed by atoms with Gasteiger partial charge in [-0.1, -0.05) is 12.8 Å². The lowest BCUT2D eigenvalue weighted by Crippen LogP contribution is -2.32. The van der Waals surface area contributed by atoms with E-state index in [1.165, 1.54) is 25.7 Å². The van der Waals surface area contributed by atoms with Crippen molar-refractivity contribution in [1.82, 2.24) is 10.3 Å². The SMILES string of the molecule is CNCc1coc(N2CCCCCC2C)n1. The summed E-state index contributed by atoms with van der Waals surface area (Å²) in [6.07, 6.45) is 6.88. The number of oxazole rings is 1. The molecule has 1 fully saturated rings. The zero-order valence-corrected chi connectivity index (χ0v) is 10.2. The van der Waals surface area contributed by atoms with Crippen LogP contribution in [0, 0.1) is 0 Å². The van der Waals surface area contributed by atoms with E-state index >= 15 is 0 Å². The van der Waals surface area contributed by atoms with E-state index in [4.69, 9.17) is 4.42 Å². The Morgan fingerprint density at radius 3 is 3.19 bits per heavy atom. The lowest BCUT2D eigenvalue weighted by Gasteiger charge is -2.24. The normalized spacial score (nSPS) is 22.1. The summed E-state index contributed by atoms with van der Waals surface area (Å²) in [4.78, 5) is 6.81. The van der Waals surface area contributed by atoms with Gasteiger partial charge in [0, 0.05) is 19.1 Å². The number of hydrogen-bond acceptors (Lipinski definition) is 4. The summed E-state index contributed by atoms with van der Waals surface area (Å²) in [6.45, 7) is 4.10. The number of nitrogens with one attached hydrogen (secondary N) is 1. The fourth-order valence-electron chi connectivity index (χ4n) is 2.25. The molecule has 0 amide bonds. The van der Waals surface area contributed by atoms with Crippen LogP contribution in [0.25, 0.3) is 0 Å². The highest BCUT2D eigenvalue weighted by atomic mass is 16.4. The number of nitrogens with zero attached hydrogens (tertiary/aromatic N) is 2. The van der Waals surface area contributed by atoms with Crippen LogP contribution in [-0.2, 0) is 6.54 Å². The first-order valence-electron chi connectivity index (χ1n) is 6.17. The topological polar surface area (TPSA) is 41.3 Å². The molecule has 1 aliphatic heterocycles. The number of anilines is 1. The molecule has 2 rings (SSSR count). The zero-order valence-electron chi connectivity index (χ0n) is 10.2. The van der Waals surface area contributed by atoms with Gasteiger partial charge in [-0.05, 0) is 26.8 Å². The molecule has 1 aromatic heterocycles. The Labute approximate surface area is 97.0 Å². The lowest BCUT2D eigenvalue weighted by molar-refractivity contribution is 0.501. The van der Waals surface area contributed by atoms with Crippen molar-refractivity contribution in [2.45, 2.75) is 45.2 Å². The molecule has 1 unspecified atom stereocenters. The third kappa shape index (κ3) is 2.55. The number of aromatic nitrogens is 1. The Kier molecular flexibility index (Phi) is 3.83. The summed E-state index contributed by atoms with van der Waals surface area (Å²) in [7, 11) is 1.92. The smallest absolute Gasteiger partial charge is 0.297 e. The van der Waals surface area contributed by atoms with Crippen LogP contribution >= 0.6 is 0 Å². The van der Waals surface area contributed by atoms with Gasteiger partial charge in [0.05, 0.1) is 5.69 Å². The standard InChI is InChI=1S/C12H21N3O/c1-10-6-4-3-5-7-15(10)12-14-11(8-13-2)9-16-12/h9-10,13H,3-8H2,1-2H3. The summed E-state index contributed by atoms with van der Waals surface area (Å²) in [5.74, 6) is 0. The molecule has 0 saturated carbocycles. The van der Waals surface area contributed by atoms with Crippen molar-refractivity contribution in [1.29, 1.82) is 0 Å². The van der Waals surface area contributed by atoms with E-state index in [0.717, 1.165) is 24.8 Å². The van der Waals surface area contributed by atoms with Crippen molar-refractivity contribution < 1.29 is 4.42 Å². The predicted octanol–water partition coefficient (Wildman–Crippen LogP) is 2.16. The summed E-state index contributed by atoms with van der Waals surface area (Å²) in [5.41, 5.74) is 0.981. The second-order valence-electron chi connectivity index (χ2n) is 4.54. The third-order valence-electron chi connectivity index (χ3n) is 3.20. The van der Waals surface area contributed by atoms with Crippen LogP contribution in [0.3, 0.4) is 0 Å². The molecule has 2 heterocycles. The molecule has 1 N–H and O–H groups in total. The monoisotopic (exact) mass is 223 g/mol. The van der Waals surface area contributed by atoms with E-state index in [2.05, 4.69) is 22.1 Å². The maximum absolute atomic E-state index is 5.56. The molecule has 1 atom stereocenters. The molecule has 16 heavy (non-hydrogen) atoms. The fourth-order valence-corrected chi connectivity index (χ4v) is 2.25. The molecule has 4 nitrogen and oxygen atoms in total. The van der Waals surface area contributed by atoms with Gasteiger partial charge in [-0.15, -0.1) is 0 Å². The second-order valence-corrected chi connectivity index (χ2v) is 4.54. The average molecular weight is 223 g/mol. The van der Waals surface area contributed by atoms with Gasteiger partial charge >= 0.3 is 0 Å². The molecule has 1 aliphatic rings. The van der Waals surface area contributed by atoms with Crippen molar-refractivity contribution in [3.8, 4) is 0 Å². The Morgan fingerprint density at radius 1 is 1.50 bits per heavy atom. The highest BCUT2D eigenvalue weighted by Gasteiger charge is 2.21. The van der Waals surface area contributed by atoms with Gasteiger partial charge in [-0.2, -0.15) is 4.98 Å². The van der Waals surface area contributed by atoms with Crippen molar-refractivity contribution in [2.75, 3.05) is 18.5 Å². The average Bonchev–Trinajstić information content (AvgIpc) is 2.61. The van der Waals surface area contributed by atoms with Gasteiger partial charge in [0.25, 0.3) is 6.01 Å². The largest absolute Gasteiger partial charge is 0.432 e. The van der Waals surface area contributed by atoms with Crippen LogP contribution in [0.1, 0.15) is 38.3 Å². The fraction of sp³-hybridized carbons (Fsp3) is 0.750. The quantitative estimate of drug-likeness (QED) is 0.852. The molecule has 0 bridgehead atoms. The van der Waals surface area contributed by atoms with Crippen LogP contribution in [0.2, 0.25) is 0 Å². The van der Waals surface area contributed by atoms with Crippen LogP contribution in [0.5, 0.6) is 0 Å². The summed E-state index contributed by atoms with van der Waals surface area (Å²) >= 11 is 0. The minimum absolute atomic E-state index is 0.545. The maximum atomic E-state index is 5.56. The van der Waals surface area contributed by atoms with Gasteiger partial charge in [0.2, 0.25) is 0 Å². The highest BCUT2D eigenvalue weighted by Crippen LogP contribution is 2.23. The first-order valence-corrected chi connectivity index (χ1v) is 6.17. The van der Waals surface area contributed by atoms with Crippen LogP contribution in [-0.4, -0.2) is 24.6 Å². The van der Waals surface area contributed by atoms with E-state index in [-0.39, 0.29) is 0 Å². The molecular formula is C12H21N3O. The summed E-state index contributed by atoms with van der Waals surface area (Å²) in [6, 6.07) is 1.34. The van der Waals surface area contributed by atoms with E-state index < -0.39 is 0 Å². The van der Waals surface area contributed by atoms with Crippen LogP contribution in [0.4, 0.5) is 6.01 Å². The van der Waals surface area contributed by atoms with Gasteiger partial charge in [-0.3, -0.25) is 0 Å². The molecule has 0 aromatic carbocycles. The number of hydrogen-bond donors (Lipinski definition) is 1. The number of rotatable bonds is 3. The first-order chi connectivity index (χ1) is 7.81. The van der Waals surface area contributed by atoms with E-state index in [0.29, 0.717) is 6.04 Å².